The van der Waals surface area contributed by atoms with E-state index in [0.29, 0.717) is 11.5 Å². The van der Waals surface area contributed by atoms with Gasteiger partial charge in [-0.1, -0.05) is 26.3 Å². The average Bonchev–Trinajstić information content (AvgIpc) is 2.45. The van der Waals surface area contributed by atoms with Crippen molar-refractivity contribution in [1.29, 1.82) is 0 Å². The highest BCUT2D eigenvalue weighted by Gasteiger charge is 2.45. The zero-order valence-corrected chi connectivity index (χ0v) is 13.8. The number of allylic oxidation sites excluding steroid dienone is 1. The average molecular weight is 308 g/mol. The zero-order chi connectivity index (χ0) is 16.7. The van der Waals surface area contributed by atoms with Crippen molar-refractivity contribution in [3.05, 3.63) is 39.0 Å². The van der Waals surface area contributed by atoms with E-state index in [4.69, 9.17) is 9.15 Å². The van der Waals surface area contributed by atoms with Crippen LogP contribution in [0.2, 0.25) is 0 Å². The van der Waals surface area contributed by atoms with Crippen molar-refractivity contribution in [2.45, 2.75) is 59.4 Å². The molecule has 0 fully saturated rings. The van der Waals surface area contributed by atoms with Crippen LogP contribution in [0.5, 0.6) is 5.75 Å². The first-order valence-electron chi connectivity index (χ1n) is 7.58. The van der Waals surface area contributed by atoms with Crippen LogP contribution in [0.15, 0.2) is 20.9 Å². The maximum Gasteiger partial charge on any atom is 0.342 e. The van der Waals surface area contributed by atoms with E-state index in [0.717, 1.165) is 12.0 Å². The number of hydrogen-bond donors (Lipinski definition) is 2. The second-order valence-corrected chi connectivity index (χ2v) is 6.31. The standard InChI is InChI=1S/C17H24O5/c1-6-9(2)7-10(3)14-17(5,20)15-12(8-21-14)13(18)11(4)16(19)22-15/h7,9,14,18,20H,6,8H2,1-5H3/b10-7+/t9-,14+,17-/m1/s1. The lowest BCUT2D eigenvalue weighted by Gasteiger charge is -2.38. The van der Waals surface area contributed by atoms with Crippen LogP contribution in [0.1, 0.15) is 51.0 Å². The van der Waals surface area contributed by atoms with Crippen molar-refractivity contribution < 1.29 is 19.4 Å². The normalized spacial score (nSPS) is 26.6. The highest BCUT2D eigenvalue weighted by atomic mass is 16.5. The van der Waals surface area contributed by atoms with Gasteiger partial charge in [0.05, 0.1) is 17.7 Å². The van der Waals surface area contributed by atoms with E-state index >= 15 is 0 Å². The molecule has 2 N–H and O–H groups in total. The molecule has 0 saturated heterocycles. The van der Waals surface area contributed by atoms with Gasteiger partial charge in [-0.2, -0.15) is 0 Å². The molecule has 3 atom stereocenters. The van der Waals surface area contributed by atoms with E-state index in [1.54, 1.807) is 6.92 Å². The van der Waals surface area contributed by atoms with Crippen molar-refractivity contribution in [3.8, 4) is 5.75 Å². The molecule has 0 bridgehead atoms. The van der Waals surface area contributed by atoms with E-state index in [2.05, 4.69) is 19.9 Å². The van der Waals surface area contributed by atoms with E-state index in [1.165, 1.54) is 6.92 Å². The molecule has 0 amide bonds. The van der Waals surface area contributed by atoms with E-state index < -0.39 is 17.3 Å². The molecule has 0 radical (unpaired) electrons. The summed E-state index contributed by atoms with van der Waals surface area (Å²) >= 11 is 0. The molecule has 5 nitrogen and oxygen atoms in total. The Balaban J connectivity index is 2.51. The van der Waals surface area contributed by atoms with Crippen LogP contribution in [-0.2, 0) is 16.9 Å². The Hall–Kier alpha value is -1.59. The number of aliphatic hydroxyl groups is 1. The van der Waals surface area contributed by atoms with Crippen molar-refractivity contribution in [2.75, 3.05) is 0 Å². The van der Waals surface area contributed by atoms with Crippen LogP contribution in [-0.4, -0.2) is 16.3 Å². The van der Waals surface area contributed by atoms with Gasteiger partial charge in [0.2, 0.25) is 0 Å². The summed E-state index contributed by atoms with van der Waals surface area (Å²) in [6, 6.07) is 0. The van der Waals surface area contributed by atoms with Gasteiger partial charge in [-0.25, -0.2) is 4.79 Å². The van der Waals surface area contributed by atoms with Gasteiger partial charge in [0.15, 0.2) is 5.76 Å². The van der Waals surface area contributed by atoms with Crippen LogP contribution < -0.4 is 5.63 Å². The fraction of sp³-hybridized carbons (Fsp3) is 0.588. The summed E-state index contributed by atoms with van der Waals surface area (Å²) in [5.74, 6) is 0.293. The first-order chi connectivity index (χ1) is 10.2. The van der Waals surface area contributed by atoms with Crippen LogP contribution in [0.4, 0.5) is 0 Å². The summed E-state index contributed by atoms with van der Waals surface area (Å²) < 4.78 is 11.0. The molecule has 0 saturated carbocycles. The smallest absolute Gasteiger partial charge is 0.342 e. The number of hydrogen-bond acceptors (Lipinski definition) is 5. The molecular formula is C17H24O5. The molecule has 0 spiro atoms. The van der Waals surface area contributed by atoms with Crippen LogP contribution in [0.3, 0.4) is 0 Å². The minimum absolute atomic E-state index is 0.0914. The van der Waals surface area contributed by atoms with Gasteiger partial charge in [0, 0.05) is 0 Å². The van der Waals surface area contributed by atoms with Crippen molar-refractivity contribution >= 4 is 0 Å². The van der Waals surface area contributed by atoms with E-state index in [1.807, 2.05) is 6.92 Å². The minimum atomic E-state index is -1.51. The first kappa shape index (κ1) is 16.8. The summed E-state index contributed by atoms with van der Waals surface area (Å²) in [6.45, 7) is 9.19. The lowest BCUT2D eigenvalue weighted by Crippen LogP contribution is -2.44. The Labute approximate surface area is 130 Å². The summed E-state index contributed by atoms with van der Waals surface area (Å²) in [6.07, 6.45) is 2.42. The molecule has 1 aliphatic heterocycles. The predicted octanol–water partition coefficient (Wildman–Crippen LogP) is 2.75. The van der Waals surface area contributed by atoms with Crippen LogP contribution in [0.25, 0.3) is 0 Å². The summed E-state index contributed by atoms with van der Waals surface area (Å²) in [7, 11) is 0. The maximum atomic E-state index is 11.8. The second-order valence-electron chi connectivity index (χ2n) is 6.31. The molecule has 122 valence electrons. The van der Waals surface area contributed by atoms with Gasteiger partial charge in [-0.15, -0.1) is 0 Å². The molecule has 0 aliphatic carbocycles. The van der Waals surface area contributed by atoms with Gasteiger partial charge >= 0.3 is 5.63 Å². The largest absolute Gasteiger partial charge is 0.507 e. The quantitative estimate of drug-likeness (QED) is 0.839. The molecule has 1 aromatic heterocycles. The van der Waals surface area contributed by atoms with Crippen LogP contribution in [0, 0.1) is 12.8 Å². The van der Waals surface area contributed by atoms with Crippen molar-refractivity contribution in [2.24, 2.45) is 5.92 Å². The molecule has 1 aliphatic rings. The van der Waals surface area contributed by atoms with Crippen LogP contribution >= 0.6 is 0 Å². The SMILES string of the molecule is CC[C@@H](C)/C=C(\C)[C@@H]1OCc2c(oc(=O)c(C)c2O)[C@]1(C)O. The highest BCUT2D eigenvalue weighted by molar-refractivity contribution is 5.43. The third-order valence-corrected chi connectivity index (χ3v) is 4.39. The summed E-state index contributed by atoms with van der Waals surface area (Å²) in [5, 5.41) is 21.0. The van der Waals surface area contributed by atoms with E-state index in [9.17, 15) is 15.0 Å². The fourth-order valence-electron chi connectivity index (χ4n) is 2.88. The van der Waals surface area contributed by atoms with Gasteiger partial charge in [-0.3, -0.25) is 0 Å². The molecule has 1 aromatic rings. The zero-order valence-electron chi connectivity index (χ0n) is 13.8. The van der Waals surface area contributed by atoms with E-state index in [-0.39, 0.29) is 23.7 Å². The molecule has 2 heterocycles. The highest BCUT2D eigenvalue weighted by Crippen LogP contribution is 2.41. The summed E-state index contributed by atoms with van der Waals surface area (Å²) in [4.78, 5) is 11.8. The number of fused-ring (bicyclic) bond motifs is 1. The topological polar surface area (TPSA) is 79.9 Å². The summed E-state index contributed by atoms with van der Waals surface area (Å²) in [5.41, 5.74) is -0.794. The first-order valence-corrected chi connectivity index (χ1v) is 7.58. The van der Waals surface area contributed by atoms with Gasteiger partial charge in [0.1, 0.15) is 17.5 Å². The van der Waals surface area contributed by atoms with Crippen molar-refractivity contribution in [3.63, 3.8) is 0 Å². The number of rotatable bonds is 3. The monoisotopic (exact) mass is 308 g/mol. The van der Waals surface area contributed by atoms with Gasteiger partial charge < -0.3 is 19.4 Å². The predicted molar refractivity (Wildman–Crippen MR) is 82.7 cm³/mol. The Morgan fingerprint density at radius 2 is 2.18 bits per heavy atom. The third kappa shape index (κ3) is 2.71. The Morgan fingerprint density at radius 1 is 1.55 bits per heavy atom. The Morgan fingerprint density at radius 3 is 2.77 bits per heavy atom. The molecule has 2 rings (SSSR count). The fourth-order valence-corrected chi connectivity index (χ4v) is 2.88. The maximum absolute atomic E-state index is 11.8. The van der Waals surface area contributed by atoms with Gasteiger partial charge in [0.25, 0.3) is 0 Å². The number of ether oxygens (including phenoxy) is 1. The molecule has 0 aromatic carbocycles. The van der Waals surface area contributed by atoms with Gasteiger partial charge in [-0.05, 0) is 32.3 Å². The molecule has 22 heavy (non-hydrogen) atoms. The number of aromatic hydroxyl groups is 1. The Kier molecular flexibility index (Phi) is 4.49. The molecule has 0 unspecified atom stereocenters. The third-order valence-electron chi connectivity index (χ3n) is 4.39. The second kappa shape index (κ2) is 5.89. The lowest BCUT2D eigenvalue weighted by atomic mass is 9.84. The minimum Gasteiger partial charge on any atom is -0.507 e. The van der Waals surface area contributed by atoms with Crippen molar-refractivity contribution in [1.82, 2.24) is 0 Å². The lowest BCUT2D eigenvalue weighted by molar-refractivity contribution is -0.122. The Bertz CT molecular complexity index is 654. The molecular weight excluding hydrogens is 284 g/mol. The molecule has 5 heteroatoms.